The van der Waals surface area contributed by atoms with Crippen LogP contribution in [0, 0.1) is 0 Å². The smallest absolute Gasteiger partial charge is 0.248 e. The van der Waals surface area contributed by atoms with E-state index in [9.17, 15) is 13.2 Å². The number of carbonyl (C=O) groups excluding carboxylic acids is 1. The molecule has 0 spiro atoms. The summed E-state index contributed by atoms with van der Waals surface area (Å²) in [7, 11) is -1.63. The highest BCUT2D eigenvalue weighted by molar-refractivity contribution is 7.98. The van der Waals surface area contributed by atoms with Crippen molar-refractivity contribution >= 4 is 49.1 Å². The number of benzene rings is 2. The first kappa shape index (κ1) is 23.7. The van der Waals surface area contributed by atoms with Gasteiger partial charge in [-0.2, -0.15) is 4.99 Å². The van der Waals surface area contributed by atoms with Crippen LogP contribution in [0.15, 0.2) is 58.4 Å². The topological polar surface area (TPSA) is 77.7 Å². The van der Waals surface area contributed by atoms with E-state index in [2.05, 4.69) is 11.1 Å². The Morgan fingerprint density at radius 1 is 1.19 bits per heavy atom. The molecule has 1 amide bonds. The fourth-order valence-corrected chi connectivity index (χ4v) is 6.23. The van der Waals surface area contributed by atoms with Gasteiger partial charge in [0.1, 0.15) is 0 Å². The Labute approximate surface area is 190 Å². The molecule has 0 aliphatic heterocycles. The quantitative estimate of drug-likeness (QED) is 0.413. The molecule has 3 aromatic rings. The molecule has 6 nitrogen and oxygen atoms in total. The molecule has 0 saturated heterocycles. The van der Waals surface area contributed by atoms with Crippen molar-refractivity contribution < 1.29 is 17.9 Å². The highest BCUT2D eigenvalue weighted by atomic mass is 32.2. The Hall–Kier alpha value is -1.94. The van der Waals surface area contributed by atoms with Crippen LogP contribution in [0.2, 0.25) is 0 Å². The van der Waals surface area contributed by atoms with Crippen LogP contribution >= 0.6 is 23.1 Å². The van der Waals surface area contributed by atoms with Gasteiger partial charge < -0.3 is 9.30 Å². The third-order valence-corrected chi connectivity index (χ3v) is 8.16. The van der Waals surface area contributed by atoms with Gasteiger partial charge in [-0.3, -0.25) is 4.79 Å². The molecule has 9 heteroatoms. The van der Waals surface area contributed by atoms with Gasteiger partial charge in [-0.25, -0.2) is 8.42 Å². The van der Waals surface area contributed by atoms with Crippen LogP contribution in [0.25, 0.3) is 10.2 Å². The molecule has 3 rings (SSSR count). The largest absolute Gasteiger partial charge is 0.383 e. The Kier molecular flexibility index (Phi) is 8.48. The summed E-state index contributed by atoms with van der Waals surface area (Å²) >= 11 is 3.12. The molecular formula is C22H26N2O4S3. The summed E-state index contributed by atoms with van der Waals surface area (Å²) in [6.45, 7) is 1.10. The standard InChI is InChI=1S/C22H26N2O4S3/c1-28-13-12-24-19-11-10-18(29-2)15-20(19)30-22(24)23-21(25)9-6-14-31(26,27)16-17-7-4-3-5-8-17/h3-5,7-8,10-11,15H,6,9,12-14,16H2,1-2H3. The minimum Gasteiger partial charge on any atom is -0.383 e. The van der Waals surface area contributed by atoms with Crippen molar-refractivity contribution in [1.82, 2.24) is 4.57 Å². The predicted molar refractivity (Wildman–Crippen MR) is 127 cm³/mol. The van der Waals surface area contributed by atoms with Crippen molar-refractivity contribution in [2.75, 3.05) is 25.7 Å². The summed E-state index contributed by atoms with van der Waals surface area (Å²) in [6.07, 6.45) is 2.38. The van der Waals surface area contributed by atoms with Gasteiger partial charge in [-0.15, -0.1) is 11.8 Å². The van der Waals surface area contributed by atoms with Crippen molar-refractivity contribution in [1.29, 1.82) is 0 Å². The normalized spacial score (nSPS) is 12.5. The minimum absolute atomic E-state index is 0.00964. The second-order valence-electron chi connectivity index (χ2n) is 7.05. The lowest BCUT2D eigenvalue weighted by Gasteiger charge is -2.05. The number of carbonyl (C=O) groups is 1. The van der Waals surface area contributed by atoms with E-state index in [1.165, 1.54) is 11.3 Å². The Morgan fingerprint density at radius 2 is 1.97 bits per heavy atom. The minimum atomic E-state index is -3.27. The van der Waals surface area contributed by atoms with E-state index in [0.29, 0.717) is 18.0 Å². The molecule has 0 atom stereocenters. The van der Waals surface area contributed by atoms with Crippen LogP contribution in [0.1, 0.15) is 18.4 Å². The summed E-state index contributed by atoms with van der Waals surface area (Å²) in [5.41, 5.74) is 1.77. The molecule has 1 aromatic heterocycles. The van der Waals surface area contributed by atoms with Crippen LogP contribution in [-0.2, 0) is 31.7 Å². The number of hydrogen-bond acceptors (Lipinski definition) is 6. The fraction of sp³-hybridized carbons (Fsp3) is 0.364. The molecule has 31 heavy (non-hydrogen) atoms. The molecule has 2 aromatic carbocycles. The van der Waals surface area contributed by atoms with Crippen molar-refractivity contribution in [3.8, 4) is 0 Å². The zero-order chi connectivity index (χ0) is 22.3. The zero-order valence-electron chi connectivity index (χ0n) is 17.6. The average molecular weight is 479 g/mol. The number of aromatic nitrogens is 1. The first-order valence-corrected chi connectivity index (χ1v) is 13.8. The number of amides is 1. The van der Waals surface area contributed by atoms with E-state index in [1.54, 1.807) is 31.0 Å². The van der Waals surface area contributed by atoms with Crippen LogP contribution in [0.3, 0.4) is 0 Å². The van der Waals surface area contributed by atoms with Gasteiger partial charge in [0.05, 0.1) is 28.3 Å². The lowest BCUT2D eigenvalue weighted by Crippen LogP contribution is -2.19. The summed E-state index contributed by atoms with van der Waals surface area (Å²) in [4.78, 5) is 18.5. The van der Waals surface area contributed by atoms with Crippen molar-refractivity contribution in [2.24, 2.45) is 4.99 Å². The van der Waals surface area contributed by atoms with Crippen LogP contribution in [0.5, 0.6) is 0 Å². The highest BCUT2D eigenvalue weighted by Crippen LogP contribution is 2.24. The third-order valence-electron chi connectivity index (χ3n) is 4.70. The first-order valence-electron chi connectivity index (χ1n) is 9.90. The second-order valence-corrected chi connectivity index (χ2v) is 11.1. The van der Waals surface area contributed by atoms with E-state index >= 15 is 0 Å². The van der Waals surface area contributed by atoms with Gasteiger partial charge in [0.25, 0.3) is 0 Å². The summed E-state index contributed by atoms with van der Waals surface area (Å²) < 4.78 is 32.9. The van der Waals surface area contributed by atoms with Crippen molar-refractivity contribution in [3.05, 3.63) is 58.9 Å². The monoisotopic (exact) mass is 478 g/mol. The molecular weight excluding hydrogens is 452 g/mol. The molecule has 0 N–H and O–H groups in total. The van der Waals surface area contributed by atoms with E-state index in [-0.39, 0.29) is 30.3 Å². The fourth-order valence-electron chi connectivity index (χ4n) is 3.17. The lowest BCUT2D eigenvalue weighted by atomic mass is 10.2. The average Bonchev–Trinajstić information content (AvgIpc) is 3.08. The van der Waals surface area contributed by atoms with E-state index in [4.69, 9.17) is 4.74 Å². The third kappa shape index (κ3) is 6.77. The van der Waals surface area contributed by atoms with E-state index in [1.807, 2.05) is 41.2 Å². The van der Waals surface area contributed by atoms with Gasteiger partial charge in [0.15, 0.2) is 14.6 Å². The van der Waals surface area contributed by atoms with Gasteiger partial charge >= 0.3 is 0 Å². The summed E-state index contributed by atoms with van der Waals surface area (Å²) in [5, 5.41) is 0. The van der Waals surface area contributed by atoms with Crippen LogP contribution in [-0.4, -0.2) is 44.6 Å². The van der Waals surface area contributed by atoms with Gasteiger partial charge in [-0.1, -0.05) is 41.7 Å². The first-order chi connectivity index (χ1) is 14.9. The number of nitrogens with zero attached hydrogens (tertiary/aromatic N) is 2. The lowest BCUT2D eigenvalue weighted by molar-refractivity contribution is -0.118. The number of thiazole rings is 1. The summed E-state index contributed by atoms with van der Waals surface area (Å²) in [5.74, 6) is -0.349. The molecule has 0 radical (unpaired) electrons. The Morgan fingerprint density at radius 3 is 2.68 bits per heavy atom. The highest BCUT2D eigenvalue weighted by Gasteiger charge is 2.14. The number of fused-ring (bicyclic) bond motifs is 1. The van der Waals surface area contributed by atoms with Gasteiger partial charge in [0, 0.05) is 25.0 Å². The van der Waals surface area contributed by atoms with E-state index in [0.717, 1.165) is 20.7 Å². The maximum atomic E-state index is 12.5. The number of thioether (sulfide) groups is 1. The van der Waals surface area contributed by atoms with Crippen LogP contribution in [0.4, 0.5) is 0 Å². The Balaban J connectivity index is 1.71. The maximum Gasteiger partial charge on any atom is 0.248 e. The van der Waals surface area contributed by atoms with Gasteiger partial charge in [0.2, 0.25) is 5.91 Å². The number of sulfone groups is 1. The number of rotatable bonds is 10. The molecule has 0 bridgehead atoms. The maximum absolute atomic E-state index is 12.5. The van der Waals surface area contributed by atoms with Crippen LogP contribution < -0.4 is 4.80 Å². The number of hydrogen-bond donors (Lipinski definition) is 0. The Bertz CT molecular complexity index is 1200. The predicted octanol–water partition coefficient (Wildman–Crippen LogP) is 3.89. The van der Waals surface area contributed by atoms with Crippen molar-refractivity contribution in [2.45, 2.75) is 30.0 Å². The zero-order valence-corrected chi connectivity index (χ0v) is 20.1. The molecule has 0 aliphatic carbocycles. The van der Waals surface area contributed by atoms with E-state index < -0.39 is 9.84 Å². The van der Waals surface area contributed by atoms with Gasteiger partial charge in [-0.05, 0) is 36.4 Å². The molecule has 1 heterocycles. The second kappa shape index (κ2) is 11.1. The molecule has 0 unspecified atom stereocenters. The molecule has 166 valence electrons. The van der Waals surface area contributed by atoms with Crippen molar-refractivity contribution in [3.63, 3.8) is 0 Å². The molecule has 0 fully saturated rings. The molecule has 0 aliphatic rings. The number of methoxy groups -OCH3 is 1. The summed E-state index contributed by atoms with van der Waals surface area (Å²) in [6, 6.07) is 15.2. The SMILES string of the molecule is COCCn1c(=NC(=O)CCCS(=O)(=O)Cc2ccccc2)sc2cc(SC)ccc21. The number of ether oxygens (including phenoxy) is 1. The molecule has 0 saturated carbocycles.